The summed E-state index contributed by atoms with van der Waals surface area (Å²) in [6, 6.07) is 14.4. The Labute approximate surface area is 134 Å². The van der Waals surface area contributed by atoms with Gasteiger partial charge in [0.2, 0.25) is 5.91 Å². The molecular weight excluding hydrogens is 292 g/mol. The second kappa shape index (κ2) is 6.96. The lowest BCUT2D eigenvalue weighted by molar-refractivity contribution is -0.115. The van der Waals surface area contributed by atoms with Gasteiger partial charge in [-0.3, -0.25) is 9.59 Å². The van der Waals surface area contributed by atoms with E-state index in [1.807, 2.05) is 18.2 Å². The number of nitrogens with one attached hydrogen (secondary N) is 2. The summed E-state index contributed by atoms with van der Waals surface area (Å²) in [5.41, 5.74) is 2.35. The lowest BCUT2D eigenvalue weighted by Crippen LogP contribution is -2.32. The number of ether oxygens (including phenoxy) is 1. The molecule has 0 fully saturated rings. The Kier molecular flexibility index (Phi) is 4.57. The van der Waals surface area contributed by atoms with Gasteiger partial charge in [-0.2, -0.15) is 0 Å². The van der Waals surface area contributed by atoms with Gasteiger partial charge in [-0.25, -0.2) is 0 Å². The molecule has 3 rings (SSSR count). The number of amides is 2. The summed E-state index contributed by atoms with van der Waals surface area (Å²) in [5, 5.41) is 5.40. The van der Waals surface area contributed by atoms with Gasteiger partial charge in [-0.05, 0) is 48.7 Å². The van der Waals surface area contributed by atoms with Crippen molar-refractivity contribution in [2.45, 2.75) is 12.8 Å². The van der Waals surface area contributed by atoms with Crippen LogP contribution in [0.5, 0.6) is 5.75 Å². The van der Waals surface area contributed by atoms with Gasteiger partial charge in [-0.15, -0.1) is 0 Å². The molecule has 0 saturated carbocycles. The van der Waals surface area contributed by atoms with E-state index in [-0.39, 0.29) is 18.4 Å². The molecule has 1 aliphatic rings. The highest BCUT2D eigenvalue weighted by Crippen LogP contribution is 2.27. The molecule has 2 aromatic carbocycles. The van der Waals surface area contributed by atoms with Gasteiger partial charge in [0.15, 0.2) is 0 Å². The first-order valence-corrected chi connectivity index (χ1v) is 7.61. The standard InChI is InChI=1S/C18H18N2O3/c21-17(12-19-18(22)13-5-2-1-3-6-13)20-15-8-9-16-14(11-15)7-4-10-23-16/h1-3,5-6,8-9,11H,4,7,10,12H2,(H,19,22)(H,20,21). The maximum absolute atomic E-state index is 12.0. The molecule has 0 radical (unpaired) electrons. The van der Waals surface area contributed by atoms with E-state index in [2.05, 4.69) is 10.6 Å². The van der Waals surface area contributed by atoms with Crippen molar-refractivity contribution in [2.24, 2.45) is 0 Å². The van der Waals surface area contributed by atoms with Crippen LogP contribution in [0.1, 0.15) is 22.3 Å². The van der Waals surface area contributed by atoms with Crippen LogP contribution in [0.2, 0.25) is 0 Å². The van der Waals surface area contributed by atoms with E-state index in [0.717, 1.165) is 30.8 Å². The molecule has 2 aromatic rings. The van der Waals surface area contributed by atoms with E-state index >= 15 is 0 Å². The zero-order valence-electron chi connectivity index (χ0n) is 12.7. The van der Waals surface area contributed by atoms with E-state index in [4.69, 9.17) is 4.74 Å². The summed E-state index contributed by atoms with van der Waals surface area (Å²) >= 11 is 0. The van der Waals surface area contributed by atoms with E-state index in [0.29, 0.717) is 11.3 Å². The van der Waals surface area contributed by atoms with Crippen LogP contribution in [-0.2, 0) is 11.2 Å². The van der Waals surface area contributed by atoms with Crippen LogP contribution in [0.25, 0.3) is 0 Å². The first-order chi connectivity index (χ1) is 11.2. The number of fused-ring (bicyclic) bond motifs is 1. The van der Waals surface area contributed by atoms with Crippen molar-refractivity contribution < 1.29 is 14.3 Å². The predicted molar refractivity (Wildman–Crippen MR) is 87.7 cm³/mol. The second-order valence-corrected chi connectivity index (χ2v) is 5.37. The average Bonchev–Trinajstić information content (AvgIpc) is 2.60. The van der Waals surface area contributed by atoms with Gasteiger partial charge in [-0.1, -0.05) is 18.2 Å². The highest BCUT2D eigenvalue weighted by atomic mass is 16.5. The molecule has 23 heavy (non-hydrogen) atoms. The Morgan fingerprint density at radius 3 is 2.74 bits per heavy atom. The first kappa shape index (κ1) is 15.1. The smallest absolute Gasteiger partial charge is 0.251 e. The number of rotatable bonds is 4. The summed E-state index contributed by atoms with van der Waals surface area (Å²) in [6.45, 7) is 0.672. The van der Waals surface area contributed by atoms with Crippen molar-refractivity contribution in [3.05, 3.63) is 59.7 Å². The minimum atomic E-state index is -0.264. The molecule has 118 valence electrons. The number of aryl methyl sites for hydroxylation is 1. The van der Waals surface area contributed by atoms with Gasteiger partial charge in [0.25, 0.3) is 5.91 Å². The summed E-state index contributed by atoms with van der Waals surface area (Å²) < 4.78 is 5.54. The Morgan fingerprint density at radius 1 is 1.09 bits per heavy atom. The van der Waals surface area contributed by atoms with Crippen molar-refractivity contribution in [3.63, 3.8) is 0 Å². The van der Waals surface area contributed by atoms with Crippen molar-refractivity contribution in [1.82, 2.24) is 5.32 Å². The van der Waals surface area contributed by atoms with Crippen LogP contribution in [-0.4, -0.2) is 25.0 Å². The number of benzene rings is 2. The van der Waals surface area contributed by atoms with Gasteiger partial charge < -0.3 is 15.4 Å². The number of hydrogen-bond acceptors (Lipinski definition) is 3. The fraction of sp³-hybridized carbons (Fsp3) is 0.222. The zero-order chi connectivity index (χ0) is 16.1. The molecule has 0 aromatic heterocycles. The fourth-order valence-corrected chi connectivity index (χ4v) is 2.50. The highest BCUT2D eigenvalue weighted by molar-refractivity contribution is 5.99. The lowest BCUT2D eigenvalue weighted by atomic mass is 10.1. The third-order valence-corrected chi connectivity index (χ3v) is 3.64. The molecule has 0 spiro atoms. The van der Waals surface area contributed by atoms with Crippen LogP contribution in [0.15, 0.2) is 48.5 Å². The molecule has 0 atom stereocenters. The van der Waals surface area contributed by atoms with E-state index in [1.54, 1.807) is 30.3 Å². The summed E-state index contributed by atoms with van der Waals surface area (Å²) in [7, 11) is 0. The van der Waals surface area contributed by atoms with Crippen LogP contribution >= 0.6 is 0 Å². The molecule has 0 bridgehead atoms. The molecule has 1 aliphatic heterocycles. The first-order valence-electron chi connectivity index (χ1n) is 7.61. The maximum atomic E-state index is 12.0. The normalized spacial score (nSPS) is 12.7. The largest absolute Gasteiger partial charge is 0.493 e. The van der Waals surface area contributed by atoms with E-state index in [1.165, 1.54) is 0 Å². The SMILES string of the molecule is O=C(CNC(=O)c1ccccc1)Nc1ccc2c(c1)CCCO2. The number of carbonyl (C=O) groups is 2. The van der Waals surface area contributed by atoms with Gasteiger partial charge in [0.05, 0.1) is 13.2 Å². The zero-order valence-corrected chi connectivity index (χ0v) is 12.7. The monoisotopic (exact) mass is 310 g/mol. The third kappa shape index (κ3) is 3.88. The molecule has 0 unspecified atom stereocenters. The van der Waals surface area contributed by atoms with Crippen LogP contribution in [0.3, 0.4) is 0 Å². The predicted octanol–water partition coefficient (Wildman–Crippen LogP) is 2.38. The molecule has 2 N–H and O–H groups in total. The van der Waals surface area contributed by atoms with Gasteiger partial charge in [0, 0.05) is 11.3 Å². The minimum absolute atomic E-state index is 0.0681. The molecule has 0 saturated heterocycles. The molecule has 2 amide bonds. The lowest BCUT2D eigenvalue weighted by Gasteiger charge is -2.18. The number of anilines is 1. The van der Waals surface area contributed by atoms with E-state index < -0.39 is 0 Å². The van der Waals surface area contributed by atoms with Crippen molar-refractivity contribution >= 4 is 17.5 Å². The van der Waals surface area contributed by atoms with Crippen LogP contribution in [0, 0.1) is 0 Å². The Bertz CT molecular complexity index is 713. The maximum Gasteiger partial charge on any atom is 0.251 e. The average molecular weight is 310 g/mol. The quantitative estimate of drug-likeness (QED) is 0.911. The van der Waals surface area contributed by atoms with Crippen molar-refractivity contribution in [2.75, 3.05) is 18.5 Å². The van der Waals surface area contributed by atoms with Gasteiger partial charge >= 0.3 is 0 Å². The molecular formula is C18H18N2O3. The summed E-state index contributed by atoms with van der Waals surface area (Å²) in [4.78, 5) is 23.8. The Morgan fingerprint density at radius 2 is 1.91 bits per heavy atom. The second-order valence-electron chi connectivity index (χ2n) is 5.37. The third-order valence-electron chi connectivity index (χ3n) is 3.64. The minimum Gasteiger partial charge on any atom is -0.493 e. The van der Waals surface area contributed by atoms with Crippen LogP contribution in [0.4, 0.5) is 5.69 Å². The molecule has 0 aliphatic carbocycles. The van der Waals surface area contributed by atoms with Crippen molar-refractivity contribution in [3.8, 4) is 5.75 Å². The van der Waals surface area contributed by atoms with Crippen LogP contribution < -0.4 is 15.4 Å². The van der Waals surface area contributed by atoms with Gasteiger partial charge in [0.1, 0.15) is 5.75 Å². The summed E-state index contributed by atoms with van der Waals surface area (Å²) in [5.74, 6) is 0.358. The number of carbonyl (C=O) groups excluding carboxylic acids is 2. The summed E-state index contributed by atoms with van der Waals surface area (Å²) in [6.07, 6.45) is 1.93. The Hall–Kier alpha value is -2.82. The molecule has 1 heterocycles. The number of hydrogen-bond donors (Lipinski definition) is 2. The fourth-order valence-electron chi connectivity index (χ4n) is 2.50. The van der Waals surface area contributed by atoms with E-state index in [9.17, 15) is 9.59 Å². The molecule has 5 nitrogen and oxygen atoms in total. The van der Waals surface area contributed by atoms with Crippen molar-refractivity contribution in [1.29, 1.82) is 0 Å². The molecule has 5 heteroatoms. The Balaban J connectivity index is 1.54. The highest BCUT2D eigenvalue weighted by Gasteiger charge is 2.12. The topological polar surface area (TPSA) is 67.4 Å².